The van der Waals surface area contributed by atoms with Crippen LogP contribution >= 0.6 is 15.9 Å². The number of carbonyl (C=O) groups excluding carboxylic acids is 1. The molecule has 0 fully saturated rings. The molecule has 0 saturated heterocycles. The maximum Gasteiger partial charge on any atom is 0.244 e. The van der Waals surface area contributed by atoms with Crippen LogP contribution in [-0.2, 0) is 4.79 Å². The number of likely N-dealkylation sites (N-methyl/N-ethyl adjacent to an activating group) is 1. The molecule has 0 atom stereocenters. The summed E-state index contributed by atoms with van der Waals surface area (Å²) in [6.45, 7) is 3.63. The molecule has 1 aromatic heterocycles. The number of halogens is 1. The molecular formula is C10H14BrN3O. The van der Waals surface area contributed by atoms with Gasteiger partial charge in [-0.05, 0) is 49.0 Å². The molecule has 82 valence electrons. The minimum absolute atomic E-state index is 0.0888. The third-order valence-corrected chi connectivity index (χ3v) is 2.65. The average molecular weight is 272 g/mol. The van der Waals surface area contributed by atoms with Crippen LogP contribution in [0, 0.1) is 0 Å². The van der Waals surface area contributed by atoms with Crippen LogP contribution in [-0.4, -0.2) is 23.5 Å². The summed E-state index contributed by atoms with van der Waals surface area (Å²) in [5.41, 5.74) is 0.0964. The molecular weight excluding hydrogens is 258 g/mol. The Bertz CT molecular complexity index is 348. The van der Waals surface area contributed by atoms with Crippen molar-refractivity contribution in [1.29, 1.82) is 0 Å². The molecule has 0 saturated carbocycles. The van der Waals surface area contributed by atoms with Crippen LogP contribution in [0.4, 0.5) is 5.69 Å². The molecule has 1 amide bonds. The van der Waals surface area contributed by atoms with Crippen molar-refractivity contribution < 1.29 is 4.79 Å². The van der Waals surface area contributed by atoms with Gasteiger partial charge in [0, 0.05) is 0 Å². The van der Waals surface area contributed by atoms with E-state index in [0.717, 1.165) is 4.60 Å². The van der Waals surface area contributed by atoms with E-state index in [1.54, 1.807) is 25.4 Å². The Labute approximate surface area is 97.6 Å². The van der Waals surface area contributed by atoms with Crippen molar-refractivity contribution >= 4 is 27.5 Å². The Balaban J connectivity index is 2.71. The van der Waals surface area contributed by atoms with Gasteiger partial charge in [0.15, 0.2) is 0 Å². The zero-order chi connectivity index (χ0) is 11.5. The third kappa shape index (κ3) is 3.28. The van der Waals surface area contributed by atoms with E-state index in [1.807, 2.05) is 13.8 Å². The Morgan fingerprint density at radius 1 is 1.47 bits per heavy atom. The van der Waals surface area contributed by atoms with Crippen molar-refractivity contribution in [2.24, 2.45) is 0 Å². The zero-order valence-corrected chi connectivity index (χ0v) is 10.6. The highest BCUT2D eigenvalue weighted by atomic mass is 79.9. The van der Waals surface area contributed by atoms with Crippen LogP contribution in [0.1, 0.15) is 13.8 Å². The number of anilines is 1. The number of aromatic nitrogens is 1. The van der Waals surface area contributed by atoms with Crippen molar-refractivity contribution in [3.63, 3.8) is 0 Å². The first-order valence-corrected chi connectivity index (χ1v) is 5.37. The fraction of sp³-hybridized carbons (Fsp3) is 0.400. The highest BCUT2D eigenvalue weighted by molar-refractivity contribution is 9.10. The summed E-state index contributed by atoms with van der Waals surface area (Å²) in [5.74, 6) is -0.0888. The first-order chi connectivity index (χ1) is 6.95. The van der Waals surface area contributed by atoms with Crippen LogP contribution in [0.2, 0.25) is 0 Å². The maximum atomic E-state index is 11.7. The molecule has 4 nitrogen and oxygen atoms in total. The second kappa shape index (κ2) is 4.72. The lowest BCUT2D eigenvalue weighted by atomic mass is 10.1. The molecule has 5 heteroatoms. The van der Waals surface area contributed by atoms with Crippen molar-refractivity contribution in [3.05, 3.63) is 22.9 Å². The van der Waals surface area contributed by atoms with Crippen molar-refractivity contribution in [3.8, 4) is 0 Å². The van der Waals surface area contributed by atoms with Gasteiger partial charge in [-0.2, -0.15) is 0 Å². The van der Waals surface area contributed by atoms with Crippen LogP contribution in [0.5, 0.6) is 0 Å². The molecule has 1 rings (SSSR count). The highest BCUT2D eigenvalue weighted by Gasteiger charge is 2.24. The molecule has 1 heterocycles. The van der Waals surface area contributed by atoms with E-state index >= 15 is 0 Å². The molecule has 0 aliphatic carbocycles. The van der Waals surface area contributed by atoms with E-state index in [4.69, 9.17) is 0 Å². The summed E-state index contributed by atoms with van der Waals surface area (Å²) >= 11 is 3.23. The first-order valence-electron chi connectivity index (χ1n) is 4.57. The van der Waals surface area contributed by atoms with Crippen molar-refractivity contribution in [1.82, 2.24) is 10.3 Å². The van der Waals surface area contributed by atoms with Crippen LogP contribution < -0.4 is 10.6 Å². The van der Waals surface area contributed by atoms with Crippen LogP contribution in [0.15, 0.2) is 22.9 Å². The van der Waals surface area contributed by atoms with E-state index in [1.165, 1.54) is 0 Å². The number of nitrogens with zero attached hydrogens (tertiary/aromatic N) is 1. The lowest BCUT2D eigenvalue weighted by Crippen LogP contribution is -2.47. The molecule has 15 heavy (non-hydrogen) atoms. The van der Waals surface area contributed by atoms with Crippen LogP contribution in [0.25, 0.3) is 0 Å². The normalized spacial score (nSPS) is 11.2. The molecule has 0 aromatic carbocycles. The van der Waals surface area contributed by atoms with Gasteiger partial charge in [0.25, 0.3) is 0 Å². The molecule has 0 aliphatic heterocycles. The van der Waals surface area contributed by atoms with Gasteiger partial charge in [0.2, 0.25) is 5.91 Å². The van der Waals surface area contributed by atoms with E-state index in [9.17, 15) is 4.79 Å². The fourth-order valence-corrected chi connectivity index (χ4v) is 1.09. The lowest BCUT2D eigenvalue weighted by molar-refractivity contribution is -0.121. The maximum absolute atomic E-state index is 11.7. The van der Waals surface area contributed by atoms with Crippen molar-refractivity contribution in [2.45, 2.75) is 19.4 Å². The molecule has 0 spiro atoms. The summed E-state index contributed by atoms with van der Waals surface area (Å²) in [6.07, 6.45) is 1.60. The van der Waals surface area contributed by atoms with E-state index in [2.05, 4.69) is 31.5 Å². The summed E-state index contributed by atoms with van der Waals surface area (Å²) in [4.78, 5) is 15.8. The smallest absolute Gasteiger partial charge is 0.244 e. The van der Waals surface area contributed by atoms with E-state index in [0.29, 0.717) is 5.69 Å². The standard InChI is InChI=1S/C10H14BrN3O/c1-10(2,12-3)9(15)14-7-4-5-8(11)13-6-7/h4-6,12H,1-3H3,(H,14,15). The Morgan fingerprint density at radius 2 is 2.13 bits per heavy atom. The number of hydrogen-bond donors (Lipinski definition) is 2. The number of nitrogens with one attached hydrogen (secondary N) is 2. The highest BCUT2D eigenvalue weighted by Crippen LogP contribution is 2.12. The number of hydrogen-bond acceptors (Lipinski definition) is 3. The van der Waals surface area contributed by atoms with Crippen LogP contribution in [0.3, 0.4) is 0 Å². The van der Waals surface area contributed by atoms with Gasteiger partial charge in [-0.1, -0.05) is 0 Å². The lowest BCUT2D eigenvalue weighted by Gasteiger charge is -2.22. The SMILES string of the molecule is CNC(C)(C)C(=O)Nc1ccc(Br)nc1. The molecule has 0 bridgehead atoms. The van der Waals surface area contributed by atoms with Gasteiger partial charge in [-0.25, -0.2) is 4.98 Å². The minimum Gasteiger partial charge on any atom is -0.323 e. The zero-order valence-electron chi connectivity index (χ0n) is 8.97. The Kier molecular flexibility index (Phi) is 3.82. The predicted octanol–water partition coefficient (Wildman–Crippen LogP) is 1.78. The van der Waals surface area contributed by atoms with Gasteiger partial charge in [0.1, 0.15) is 4.60 Å². The minimum atomic E-state index is -0.590. The van der Waals surface area contributed by atoms with Gasteiger partial charge in [0.05, 0.1) is 17.4 Å². The fourth-order valence-electron chi connectivity index (χ4n) is 0.851. The van der Waals surface area contributed by atoms with E-state index in [-0.39, 0.29) is 5.91 Å². The van der Waals surface area contributed by atoms with Gasteiger partial charge >= 0.3 is 0 Å². The second-order valence-electron chi connectivity index (χ2n) is 3.70. The molecule has 0 unspecified atom stereocenters. The number of carbonyl (C=O) groups is 1. The monoisotopic (exact) mass is 271 g/mol. The van der Waals surface area contributed by atoms with Gasteiger partial charge < -0.3 is 10.6 Å². The molecule has 0 radical (unpaired) electrons. The van der Waals surface area contributed by atoms with Crippen molar-refractivity contribution in [2.75, 3.05) is 12.4 Å². The average Bonchev–Trinajstić information content (AvgIpc) is 2.21. The number of amides is 1. The molecule has 2 N–H and O–H groups in total. The van der Waals surface area contributed by atoms with Gasteiger partial charge in [-0.15, -0.1) is 0 Å². The predicted molar refractivity (Wildman–Crippen MR) is 63.7 cm³/mol. The van der Waals surface area contributed by atoms with E-state index < -0.39 is 5.54 Å². The summed E-state index contributed by atoms with van der Waals surface area (Å²) in [6, 6.07) is 3.57. The number of rotatable bonds is 3. The largest absolute Gasteiger partial charge is 0.323 e. The van der Waals surface area contributed by atoms with Gasteiger partial charge in [-0.3, -0.25) is 4.79 Å². The molecule has 0 aliphatic rings. The molecule has 1 aromatic rings. The third-order valence-electron chi connectivity index (χ3n) is 2.18. The first kappa shape index (κ1) is 12.1. The Hall–Kier alpha value is -0.940. The summed E-state index contributed by atoms with van der Waals surface area (Å²) in [7, 11) is 1.75. The Morgan fingerprint density at radius 3 is 2.60 bits per heavy atom. The summed E-state index contributed by atoms with van der Waals surface area (Å²) < 4.78 is 0.744. The second-order valence-corrected chi connectivity index (χ2v) is 4.51. The topological polar surface area (TPSA) is 54.0 Å². The summed E-state index contributed by atoms with van der Waals surface area (Å²) in [5, 5.41) is 5.71. The number of pyridine rings is 1. The quantitative estimate of drug-likeness (QED) is 0.825.